The van der Waals surface area contributed by atoms with Gasteiger partial charge in [-0.05, 0) is 61.9 Å². The second-order valence-corrected chi connectivity index (χ2v) is 14.8. The van der Waals surface area contributed by atoms with Gasteiger partial charge in [0.25, 0.3) is 0 Å². The highest BCUT2D eigenvalue weighted by molar-refractivity contribution is 7.90. The lowest BCUT2D eigenvalue weighted by atomic mass is 9.83. The number of aliphatic carboxylic acids is 1. The molecule has 2 heterocycles. The van der Waals surface area contributed by atoms with Crippen molar-refractivity contribution in [3.05, 3.63) is 34.1 Å². The summed E-state index contributed by atoms with van der Waals surface area (Å²) in [4.78, 5) is 12.8. The second kappa shape index (κ2) is 13.3. The molecule has 7 heteroatoms. The Morgan fingerprint density at radius 2 is 1.68 bits per heavy atom. The number of hydrogen-bond donors (Lipinski definition) is 2. The van der Waals surface area contributed by atoms with Crippen molar-refractivity contribution in [2.75, 3.05) is 6.61 Å². The van der Waals surface area contributed by atoms with Gasteiger partial charge in [0.2, 0.25) is 0 Å². The molecule has 0 fully saturated rings. The molecule has 5 nitrogen and oxygen atoms in total. The Balaban J connectivity index is 1.71. The first-order valence-corrected chi connectivity index (χ1v) is 15.1. The number of carboxylic acid groups (broad SMARTS) is 1. The van der Waals surface area contributed by atoms with Crippen LogP contribution in [0.5, 0.6) is 0 Å². The molecule has 2 aliphatic rings. The lowest BCUT2D eigenvalue weighted by Gasteiger charge is -2.22. The molecular weight excluding hydrogens is 468 g/mol. The number of carboxylic acids is 1. The van der Waals surface area contributed by atoms with Gasteiger partial charge in [-0.1, -0.05) is 65.2 Å². The van der Waals surface area contributed by atoms with E-state index in [4.69, 9.17) is 5.11 Å². The summed E-state index contributed by atoms with van der Waals surface area (Å²) in [6.45, 7) is 8.30. The summed E-state index contributed by atoms with van der Waals surface area (Å²) < 4.78 is 25.7. The minimum atomic E-state index is -1.02. The molecule has 0 aromatic rings. The highest BCUT2D eigenvalue weighted by Gasteiger charge is 2.27. The monoisotopic (exact) mass is 512 g/mol. The van der Waals surface area contributed by atoms with Gasteiger partial charge in [0.15, 0.2) is 0 Å². The highest BCUT2D eigenvalue weighted by atomic mass is 32.2. The number of aliphatic hydroxyl groups is 1. The number of rotatable bonds is 15. The zero-order valence-corrected chi connectivity index (χ0v) is 23.0. The van der Waals surface area contributed by atoms with Crippen molar-refractivity contribution in [3.63, 3.8) is 0 Å². The minimum Gasteiger partial charge on any atom is -0.481 e. The van der Waals surface area contributed by atoms with Crippen molar-refractivity contribution in [2.45, 2.75) is 109 Å². The van der Waals surface area contributed by atoms with Crippen LogP contribution in [0.25, 0.3) is 0 Å². The zero-order chi connectivity index (χ0) is 25.4. The van der Waals surface area contributed by atoms with E-state index in [9.17, 15) is 18.3 Å². The van der Waals surface area contributed by atoms with Gasteiger partial charge in [0.1, 0.15) is 0 Å². The molecule has 0 aromatic carbocycles. The first-order chi connectivity index (χ1) is 15.9. The molecule has 194 valence electrons. The van der Waals surface area contributed by atoms with E-state index in [-0.39, 0.29) is 34.4 Å². The second-order valence-electron chi connectivity index (χ2n) is 11.4. The molecule has 0 aliphatic carbocycles. The predicted octanol–water partition coefficient (Wildman–Crippen LogP) is 5.99. The van der Waals surface area contributed by atoms with Crippen molar-refractivity contribution in [3.8, 4) is 0 Å². The third-order valence-corrected chi connectivity index (χ3v) is 10.5. The van der Waals surface area contributed by atoms with Gasteiger partial charge in [-0.15, -0.1) is 0 Å². The molecule has 2 N–H and O–H groups in total. The van der Waals surface area contributed by atoms with Crippen molar-refractivity contribution in [2.24, 2.45) is 10.8 Å². The van der Waals surface area contributed by atoms with Gasteiger partial charge < -0.3 is 10.2 Å². The Hall–Kier alpha value is -1.05. The van der Waals surface area contributed by atoms with Gasteiger partial charge in [0, 0.05) is 21.7 Å². The molecule has 0 bridgehead atoms. The average Bonchev–Trinajstić information content (AvgIpc) is 3.28. The van der Waals surface area contributed by atoms with Crippen LogP contribution in [-0.2, 0) is 26.4 Å². The molecule has 0 saturated carbocycles. The number of aliphatic hydroxyl groups excluding tert-OH is 1. The number of hydrogen-bond acceptors (Lipinski definition) is 4. The van der Waals surface area contributed by atoms with Crippen LogP contribution in [0.15, 0.2) is 34.1 Å². The molecular formula is C27H44O5S2. The Bertz CT molecular complexity index is 838. The van der Waals surface area contributed by atoms with E-state index in [0.29, 0.717) is 0 Å². The van der Waals surface area contributed by atoms with Crippen molar-refractivity contribution < 1.29 is 23.4 Å². The van der Waals surface area contributed by atoms with Gasteiger partial charge >= 0.3 is 5.97 Å². The van der Waals surface area contributed by atoms with E-state index in [0.717, 1.165) is 74.0 Å². The van der Waals surface area contributed by atoms with Crippen LogP contribution in [0.2, 0.25) is 0 Å². The number of carbonyl (C=O) groups is 1. The van der Waals surface area contributed by atoms with Crippen molar-refractivity contribution in [1.29, 1.82) is 0 Å². The largest absolute Gasteiger partial charge is 0.481 e. The van der Waals surface area contributed by atoms with Crippen LogP contribution in [0.4, 0.5) is 0 Å². The van der Waals surface area contributed by atoms with Crippen LogP contribution in [0.1, 0.15) is 98.3 Å². The topological polar surface area (TPSA) is 91.7 Å². The minimum absolute atomic E-state index is 0.0303. The SMILES string of the molecule is CC(C)(CO)CCCCC1=CCC(C=CC2=CCC(CCCCC(C)(C)CC(=O)O)S2=O)S1=O. The summed E-state index contributed by atoms with van der Waals surface area (Å²) in [7, 11) is -2.03. The maximum absolute atomic E-state index is 12.9. The van der Waals surface area contributed by atoms with Gasteiger partial charge in [-0.25, -0.2) is 0 Å². The van der Waals surface area contributed by atoms with E-state index < -0.39 is 27.6 Å². The molecule has 0 saturated heterocycles. The normalized spacial score (nSPS) is 25.7. The molecule has 2 aliphatic heterocycles. The smallest absolute Gasteiger partial charge is 0.303 e. The van der Waals surface area contributed by atoms with E-state index in [1.54, 1.807) is 0 Å². The fraction of sp³-hybridized carbons (Fsp3) is 0.741. The first-order valence-electron chi connectivity index (χ1n) is 12.7. The van der Waals surface area contributed by atoms with Gasteiger partial charge in [0.05, 0.1) is 33.3 Å². The fourth-order valence-electron chi connectivity index (χ4n) is 4.59. The van der Waals surface area contributed by atoms with Crippen LogP contribution >= 0.6 is 0 Å². The Morgan fingerprint density at radius 1 is 1.00 bits per heavy atom. The van der Waals surface area contributed by atoms with Crippen LogP contribution < -0.4 is 0 Å². The fourth-order valence-corrected chi connectivity index (χ4v) is 7.59. The summed E-state index contributed by atoms with van der Waals surface area (Å²) in [5.41, 5.74) is -0.249. The molecule has 0 amide bonds. The average molecular weight is 513 g/mol. The number of unbranched alkanes of at least 4 members (excludes halogenated alkanes) is 2. The first kappa shape index (κ1) is 29.2. The molecule has 4 atom stereocenters. The van der Waals surface area contributed by atoms with E-state index in [1.165, 1.54) is 0 Å². The molecule has 2 rings (SSSR count). The van der Waals surface area contributed by atoms with Crippen LogP contribution in [-0.4, -0.2) is 41.7 Å². The summed E-state index contributed by atoms with van der Waals surface area (Å²) in [6.07, 6.45) is 17.3. The lowest BCUT2D eigenvalue weighted by Crippen LogP contribution is -2.17. The Labute approximate surface area is 211 Å². The van der Waals surface area contributed by atoms with E-state index in [1.807, 2.05) is 26.0 Å². The maximum atomic E-state index is 12.9. The summed E-state index contributed by atoms with van der Waals surface area (Å²) in [6, 6.07) is 0. The molecule has 0 spiro atoms. The Kier molecular flexibility index (Phi) is 11.4. The van der Waals surface area contributed by atoms with E-state index in [2.05, 4.69) is 26.0 Å². The summed E-state index contributed by atoms with van der Waals surface area (Å²) >= 11 is 0. The van der Waals surface area contributed by atoms with Crippen LogP contribution in [0, 0.1) is 10.8 Å². The standard InChI is InChI=1S/C27H44O5S2/c1-26(2,19-25(29)30)17-7-5-9-21-11-13-23(33(21)31)15-16-24-14-12-22(34(24)32)10-6-8-18-27(3,4)20-28/h12-13,15-16,21,24,28H,5-11,14,17-20H2,1-4H3,(H,29,30). The molecule has 0 aromatic heterocycles. The third kappa shape index (κ3) is 9.54. The van der Waals surface area contributed by atoms with Gasteiger partial charge in [-0.3, -0.25) is 13.2 Å². The maximum Gasteiger partial charge on any atom is 0.303 e. The quantitative estimate of drug-likeness (QED) is 0.263. The Morgan fingerprint density at radius 3 is 2.35 bits per heavy atom. The summed E-state index contributed by atoms with van der Waals surface area (Å²) in [5, 5.41) is 18.5. The lowest BCUT2D eigenvalue weighted by molar-refractivity contribution is -0.139. The number of allylic oxidation sites excluding steroid dienone is 4. The van der Waals surface area contributed by atoms with E-state index >= 15 is 0 Å². The molecule has 0 radical (unpaired) electrons. The summed E-state index contributed by atoms with van der Waals surface area (Å²) in [5.74, 6) is -0.755. The highest BCUT2D eigenvalue weighted by Crippen LogP contribution is 2.32. The van der Waals surface area contributed by atoms with Crippen molar-refractivity contribution >= 4 is 27.6 Å². The van der Waals surface area contributed by atoms with Crippen molar-refractivity contribution in [1.82, 2.24) is 0 Å². The molecule has 34 heavy (non-hydrogen) atoms. The predicted molar refractivity (Wildman–Crippen MR) is 142 cm³/mol. The van der Waals surface area contributed by atoms with Gasteiger partial charge in [-0.2, -0.15) is 0 Å². The third-order valence-electron chi connectivity index (χ3n) is 6.92. The molecule has 4 unspecified atom stereocenters. The zero-order valence-electron chi connectivity index (χ0n) is 21.4. The van der Waals surface area contributed by atoms with Crippen LogP contribution in [0.3, 0.4) is 0 Å².